The molecule has 4 N–H and O–H groups in total. The third-order valence-electron chi connectivity index (χ3n) is 14.2. The maximum atomic E-state index is 13.0. The molecule has 5 rings (SSSR count). The lowest BCUT2D eigenvalue weighted by atomic mass is 9.84. The van der Waals surface area contributed by atoms with Gasteiger partial charge < -0.3 is 44.7 Å². The number of sulfonamides is 1. The van der Waals surface area contributed by atoms with Crippen LogP contribution in [0.1, 0.15) is 205 Å². The van der Waals surface area contributed by atoms with Crippen LogP contribution in [0.15, 0.2) is 72.9 Å². The standard InChI is InChI=1S/C28H24Cl2F3N3O3S.C18H37NO4.C18H37NO3.3C2H6/c29-20-5-1-17(2-6-20)26(18-3-7-21(30)8-4-18)19-15-23-24(9-12-34-27(23)25(37)16-19)35-22-10-13-36(14-11-22)40(38,39)28(31,32)33;1-6-21-14-15-22-12-7-11-19-17(20)8-10-18(4,5)23-13-9-16(2)3;1-8-15(2)10-13-21-12-9-11-19-16(20)18(6,7)14-22-17(3,4)5;3*1-2/h1-9,12,15-16,22,26,37H,10-11,13-14H2,(H,34,35);16H,6-15H2,1-5H3,(H,19,20);15H,8-14H2,1-7H3,(H,19,20);3*1-2H3/t;;15-;;;/m..0.../s1. The van der Waals surface area contributed by atoms with Gasteiger partial charge in [-0.05, 0) is 171 Å². The van der Waals surface area contributed by atoms with Crippen molar-refractivity contribution in [3.05, 3.63) is 99.7 Å². The fraction of sp³-hybridized carbons (Fsp3) is 0.671. The maximum absolute atomic E-state index is 13.0. The van der Waals surface area contributed by atoms with E-state index in [9.17, 15) is 36.3 Å². The van der Waals surface area contributed by atoms with Crippen molar-refractivity contribution < 1.29 is 60.0 Å². The van der Waals surface area contributed by atoms with Gasteiger partial charge in [0.2, 0.25) is 11.8 Å². The second kappa shape index (κ2) is 45.9. The molecule has 0 saturated carbocycles. The van der Waals surface area contributed by atoms with Crippen LogP contribution in [0, 0.1) is 17.3 Å². The first kappa shape index (κ1) is 86.7. The Morgan fingerprint density at radius 2 is 1.23 bits per heavy atom. The van der Waals surface area contributed by atoms with Crippen molar-refractivity contribution in [2.45, 2.75) is 211 Å². The Bertz CT molecular complexity index is 2650. The first-order valence-corrected chi connectivity index (χ1v) is 35.1. The Morgan fingerprint density at radius 3 is 1.74 bits per heavy atom. The molecule has 4 aromatic rings. The molecule has 0 radical (unpaired) electrons. The molecular formula is C70H116Cl2F3N5O10S. The molecule has 3 aromatic carbocycles. The normalized spacial score (nSPS) is 13.4. The first-order chi connectivity index (χ1) is 42.9. The molecule has 0 spiro atoms. The summed E-state index contributed by atoms with van der Waals surface area (Å²) in [5.74, 6) is 1.17. The minimum atomic E-state index is -5.36. The summed E-state index contributed by atoms with van der Waals surface area (Å²) < 4.78 is 90.7. The van der Waals surface area contributed by atoms with Crippen molar-refractivity contribution in [3.8, 4) is 5.75 Å². The van der Waals surface area contributed by atoms with Crippen molar-refractivity contribution in [3.63, 3.8) is 0 Å². The van der Waals surface area contributed by atoms with E-state index >= 15 is 0 Å². The van der Waals surface area contributed by atoms with E-state index in [-0.39, 0.29) is 66.7 Å². The lowest BCUT2D eigenvalue weighted by Crippen LogP contribution is -2.47. The maximum Gasteiger partial charge on any atom is 0.511 e. The van der Waals surface area contributed by atoms with Crippen LogP contribution in [0.2, 0.25) is 10.0 Å². The minimum absolute atomic E-state index is 0.0323. The molecule has 2 heterocycles. The molecule has 0 aliphatic carbocycles. The molecule has 91 heavy (non-hydrogen) atoms. The van der Waals surface area contributed by atoms with E-state index in [4.69, 9.17) is 46.9 Å². The number of phenols is 1. The van der Waals surface area contributed by atoms with E-state index in [2.05, 4.69) is 48.6 Å². The number of pyridine rings is 1. The van der Waals surface area contributed by atoms with Gasteiger partial charge in [-0.2, -0.15) is 17.5 Å². The molecule has 15 nitrogen and oxygen atoms in total. The highest BCUT2D eigenvalue weighted by Crippen LogP contribution is 2.40. The van der Waals surface area contributed by atoms with E-state index in [0.717, 1.165) is 74.5 Å². The highest BCUT2D eigenvalue weighted by molar-refractivity contribution is 7.90. The zero-order valence-electron chi connectivity index (χ0n) is 58.4. The SMILES string of the molecule is CC.CC.CC.CCOCCOCCCNC(=O)CCC(C)(C)OCCC(C)C.CC[C@H](C)CCOCCCNC(=O)C(C)(C)COC(C)(C)C.O=S(=O)(N1CCC(Nc2ccnc3c(O)cc(C(c4ccc(Cl)cc4)c4ccc(Cl)cc4)cc23)CC1)C(F)(F)F. The quantitative estimate of drug-likeness (QED) is 0.0268. The van der Waals surface area contributed by atoms with Crippen molar-refractivity contribution in [1.29, 1.82) is 0 Å². The van der Waals surface area contributed by atoms with Crippen LogP contribution in [0.5, 0.6) is 5.75 Å². The molecule has 1 aliphatic rings. The minimum Gasteiger partial charge on any atom is -0.506 e. The van der Waals surface area contributed by atoms with Crippen LogP contribution >= 0.6 is 23.2 Å². The van der Waals surface area contributed by atoms with E-state index in [1.807, 2.05) is 127 Å². The highest BCUT2D eigenvalue weighted by atomic mass is 35.5. The molecule has 1 fully saturated rings. The number of alkyl halides is 3. The van der Waals surface area contributed by atoms with Crippen molar-refractivity contribution in [2.75, 3.05) is 84.4 Å². The fourth-order valence-corrected chi connectivity index (χ4v) is 9.86. The summed E-state index contributed by atoms with van der Waals surface area (Å²) in [7, 11) is -5.36. The molecule has 0 unspecified atom stereocenters. The first-order valence-electron chi connectivity index (χ1n) is 32.9. The van der Waals surface area contributed by atoms with Gasteiger partial charge in [0.25, 0.3) is 0 Å². The molecule has 522 valence electrons. The summed E-state index contributed by atoms with van der Waals surface area (Å²) >= 11 is 12.3. The second-order valence-corrected chi connectivity index (χ2v) is 27.0. The van der Waals surface area contributed by atoms with Gasteiger partial charge in [-0.15, -0.1) is 0 Å². The van der Waals surface area contributed by atoms with Crippen LogP contribution in [-0.2, 0) is 43.3 Å². The van der Waals surface area contributed by atoms with E-state index in [1.165, 1.54) is 12.6 Å². The number of nitrogens with one attached hydrogen (secondary N) is 3. The lowest BCUT2D eigenvalue weighted by molar-refractivity contribution is -0.136. The fourth-order valence-electron chi connectivity index (χ4n) is 8.63. The predicted molar refractivity (Wildman–Crippen MR) is 370 cm³/mol. The van der Waals surface area contributed by atoms with Crippen molar-refractivity contribution in [2.24, 2.45) is 17.3 Å². The molecule has 1 atom stereocenters. The molecule has 1 aromatic heterocycles. The molecule has 0 bridgehead atoms. The zero-order valence-corrected chi connectivity index (χ0v) is 60.7. The second-order valence-electron chi connectivity index (χ2n) is 24.2. The number of fused-ring (bicyclic) bond motifs is 1. The van der Waals surface area contributed by atoms with E-state index in [0.29, 0.717) is 89.4 Å². The van der Waals surface area contributed by atoms with Gasteiger partial charge in [-0.25, -0.2) is 8.42 Å². The average Bonchev–Trinajstić information content (AvgIpc) is 0.827. The number of phenolic OH excluding ortho intramolecular Hbond substituents is 1. The van der Waals surface area contributed by atoms with E-state index in [1.54, 1.807) is 36.4 Å². The van der Waals surface area contributed by atoms with Crippen LogP contribution in [0.4, 0.5) is 18.9 Å². The summed E-state index contributed by atoms with van der Waals surface area (Å²) in [6, 6.07) is 19.8. The Balaban J connectivity index is 0.00000137. The smallest absolute Gasteiger partial charge is 0.506 e. The molecule has 2 amide bonds. The Labute approximate surface area is 556 Å². The average molecular weight is 1350 g/mol. The monoisotopic (exact) mass is 1350 g/mol. The topological polar surface area (TPSA) is 187 Å². The number of benzene rings is 3. The summed E-state index contributed by atoms with van der Waals surface area (Å²) in [5, 5.41) is 22.0. The van der Waals surface area contributed by atoms with Crippen LogP contribution in [-0.4, -0.2) is 136 Å². The number of piperidine rings is 1. The summed E-state index contributed by atoms with van der Waals surface area (Å²) in [5.41, 5.74) is -2.67. The molecule has 1 aliphatic heterocycles. The number of halogens is 5. The third kappa shape index (κ3) is 35.1. The van der Waals surface area contributed by atoms with Crippen LogP contribution in [0.3, 0.4) is 0 Å². The predicted octanol–water partition coefficient (Wildman–Crippen LogP) is 17.2. The zero-order chi connectivity index (χ0) is 69.4. The number of aromatic hydroxyl groups is 1. The van der Waals surface area contributed by atoms with Crippen molar-refractivity contribution in [1.82, 2.24) is 19.9 Å². The van der Waals surface area contributed by atoms with Gasteiger partial charge in [-0.1, -0.05) is 123 Å². The van der Waals surface area contributed by atoms with E-state index < -0.39 is 20.9 Å². The number of nitrogens with zero attached hydrogens (tertiary/aromatic N) is 2. The number of anilines is 1. The number of rotatable bonds is 32. The Morgan fingerprint density at radius 1 is 0.703 bits per heavy atom. The third-order valence-corrected chi connectivity index (χ3v) is 16.4. The summed E-state index contributed by atoms with van der Waals surface area (Å²) in [6.07, 6.45) is 8.18. The largest absolute Gasteiger partial charge is 0.511 e. The highest BCUT2D eigenvalue weighted by Gasteiger charge is 2.50. The molecular weight excluding hydrogens is 1230 g/mol. The lowest BCUT2D eigenvalue weighted by Gasteiger charge is -2.32. The Kier molecular flexibility index (Phi) is 43.7. The van der Waals surface area contributed by atoms with Gasteiger partial charge in [0, 0.05) is 105 Å². The summed E-state index contributed by atoms with van der Waals surface area (Å²) in [4.78, 5) is 28.3. The summed E-state index contributed by atoms with van der Waals surface area (Å²) in [6.45, 7) is 42.8. The van der Waals surface area contributed by atoms with Crippen LogP contribution in [0.25, 0.3) is 10.9 Å². The van der Waals surface area contributed by atoms with Gasteiger partial charge in [-0.3, -0.25) is 14.6 Å². The van der Waals surface area contributed by atoms with Gasteiger partial charge in [0.05, 0.1) is 36.4 Å². The number of ether oxygens (including phenoxy) is 5. The van der Waals surface area contributed by atoms with Crippen LogP contribution < -0.4 is 16.0 Å². The number of carbonyl (C=O) groups is 2. The Hall–Kier alpha value is -4.31. The van der Waals surface area contributed by atoms with Crippen molar-refractivity contribution >= 4 is 61.6 Å². The number of hydrogen-bond acceptors (Lipinski definition) is 12. The molecule has 1 saturated heterocycles. The number of carbonyl (C=O) groups excluding carboxylic acids is 2. The number of aromatic nitrogens is 1. The van der Waals surface area contributed by atoms with Gasteiger partial charge in [0.15, 0.2) is 0 Å². The molecule has 21 heteroatoms. The number of hydrogen-bond donors (Lipinski definition) is 4. The number of amides is 2. The van der Waals surface area contributed by atoms with Gasteiger partial charge in [0.1, 0.15) is 11.3 Å². The van der Waals surface area contributed by atoms with Gasteiger partial charge >= 0.3 is 15.5 Å².